The van der Waals surface area contributed by atoms with Crippen LogP contribution in [0, 0.1) is 29.6 Å². The molecule has 0 aromatic rings. The third-order valence-electron chi connectivity index (χ3n) is 5.01. The minimum absolute atomic E-state index is 0.783. The molecule has 0 saturated heterocycles. The molecule has 108 valence electrons. The lowest BCUT2D eigenvalue weighted by Crippen LogP contribution is -2.40. The molecule has 0 amide bonds. The predicted molar refractivity (Wildman–Crippen MR) is 81.8 cm³/mol. The van der Waals surface area contributed by atoms with Crippen molar-refractivity contribution in [3.05, 3.63) is 0 Å². The Morgan fingerprint density at radius 2 is 1.56 bits per heavy atom. The number of hydrogen-bond acceptors (Lipinski definition) is 1. The molecule has 1 heteroatoms. The van der Waals surface area contributed by atoms with E-state index in [1.807, 2.05) is 0 Å². The van der Waals surface area contributed by atoms with E-state index in [0.29, 0.717) is 0 Å². The SMILES string of the molecule is CC(C)C1CCCC(NCC(C(C)C)C(C)C)C1. The second-order valence-electron chi connectivity index (χ2n) is 7.43. The zero-order valence-electron chi connectivity index (χ0n) is 13.5. The Labute approximate surface area is 115 Å². The summed E-state index contributed by atoms with van der Waals surface area (Å²) in [4.78, 5) is 0. The molecule has 1 aliphatic carbocycles. The van der Waals surface area contributed by atoms with Gasteiger partial charge in [-0.1, -0.05) is 54.4 Å². The van der Waals surface area contributed by atoms with Gasteiger partial charge in [-0.3, -0.25) is 0 Å². The molecular weight excluding hydrogens is 218 g/mol. The van der Waals surface area contributed by atoms with E-state index in [4.69, 9.17) is 0 Å². The Bertz CT molecular complexity index is 212. The normalized spacial score (nSPS) is 25.7. The molecule has 0 aliphatic heterocycles. The fourth-order valence-electron chi connectivity index (χ4n) is 3.56. The average molecular weight is 253 g/mol. The zero-order chi connectivity index (χ0) is 13.7. The minimum atomic E-state index is 0.783. The summed E-state index contributed by atoms with van der Waals surface area (Å²) in [6, 6.07) is 0.783. The topological polar surface area (TPSA) is 12.0 Å². The highest BCUT2D eigenvalue weighted by atomic mass is 14.9. The number of nitrogens with one attached hydrogen (secondary N) is 1. The quantitative estimate of drug-likeness (QED) is 0.722. The van der Waals surface area contributed by atoms with Gasteiger partial charge in [-0.2, -0.15) is 0 Å². The summed E-state index contributed by atoms with van der Waals surface area (Å²) in [5.41, 5.74) is 0. The van der Waals surface area contributed by atoms with Gasteiger partial charge in [0.15, 0.2) is 0 Å². The molecule has 0 radical (unpaired) electrons. The van der Waals surface area contributed by atoms with Crippen LogP contribution in [-0.4, -0.2) is 12.6 Å². The van der Waals surface area contributed by atoms with Gasteiger partial charge in [0, 0.05) is 6.04 Å². The predicted octanol–water partition coefficient (Wildman–Crippen LogP) is 4.72. The van der Waals surface area contributed by atoms with Crippen LogP contribution in [0.3, 0.4) is 0 Å². The third-order valence-corrected chi connectivity index (χ3v) is 5.01. The van der Waals surface area contributed by atoms with Crippen molar-refractivity contribution in [2.75, 3.05) is 6.54 Å². The van der Waals surface area contributed by atoms with Gasteiger partial charge in [0.05, 0.1) is 0 Å². The summed E-state index contributed by atoms with van der Waals surface area (Å²) >= 11 is 0. The molecule has 0 bridgehead atoms. The lowest BCUT2D eigenvalue weighted by Gasteiger charge is -2.34. The Morgan fingerprint density at radius 3 is 2.06 bits per heavy atom. The molecule has 1 fully saturated rings. The van der Waals surface area contributed by atoms with Crippen LogP contribution < -0.4 is 5.32 Å². The Kier molecular flexibility index (Phi) is 6.70. The van der Waals surface area contributed by atoms with Crippen LogP contribution in [0.4, 0.5) is 0 Å². The van der Waals surface area contributed by atoms with Crippen LogP contribution >= 0.6 is 0 Å². The van der Waals surface area contributed by atoms with E-state index in [1.54, 1.807) is 0 Å². The second-order valence-corrected chi connectivity index (χ2v) is 7.43. The lowest BCUT2D eigenvalue weighted by atomic mass is 9.79. The van der Waals surface area contributed by atoms with Gasteiger partial charge in [-0.25, -0.2) is 0 Å². The summed E-state index contributed by atoms with van der Waals surface area (Å²) in [7, 11) is 0. The van der Waals surface area contributed by atoms with Crippen LogP contribution in [0.1, 0.15) is 67.2 Å². The van der Waals surface area contributed by atoms with Crippen molar-refractivity contribution in [2.45, 2.75) is 73.3 Å². The van der Waals surface area contributed by atoms with Crippen LogP contribution in [0.2, 0.25) is 0 Å². The summed E-state index contributed by atoms with van der Waals surface area (Å²) in [5.74, 6) is 4.22. The van der Waals surface area contributed by atoms with Gasteiger partial charge in [-0.15, -0.1) is 0 Å². The van der Waals surface area contributed by atoms with Gasteiger partial charge in [0.2, 0.25) is 0 Å². The van der Waals surface area contributed by atoms with E-state index in [-0.39, 0.29) is 0 Å². The first-order valence-electron chi connectivity index (χ1n) is 8.15. The maximum absolute atomic E-state index is 3.87. The molecule has 0 aromatic heterocycles. The molecule has 0 heterocycles. The summed E-state index contributed by atoms with van der Waals surface area (Å²) < 4.78 is 0. The monoisotopic (exact) mass is 253 g/mol. The van der Waals surface area contributed by atoms with E-state index in [0.717, 1.165) is 35.6 Å². The van der Waals surface area contributed by atoms with Crippen molar-refractivity contribution in [3.8, 4) is 0 Å². The third kappa shape index (κ3) is 4.91. The summed E-state index contributed by atoms with van der Waals surface area (Å²) in [5, 5.41) is 3.87. The molecule has 1 aliphatic rings. The summed E-state index contributed by atoms with van der Waals surface area (Å²) in [6.45, 7) is 15.4. The Morgan fingerprint density at radius 1 is 0.944 bits per heavy atom. The maximum atomic E-state index is 3.87. The second kappa shape index (κ2) is 7.53. The van der Waals surface area contributed by atoms with Crippen LogP contribution in [0.15, 0.2) is 0 Å². The van der Waals surface area contributed by atoms with Crippen molar-refractivity contribution in [1.29, 1.82) is 0 Å². The van der Waals surface area contributed by atoms with E-state index in [1.165, 1.54) is 32.2 Å². The first-order chi connectivity index (χ1) is 8.41. The van der Waals surface area contributed by atoms with Crippen molar-refractivity contribution in [3.63, 3.8) is 0 Å². The lowest BCUT2D eigenvalue weighted by molar-refractivity contribution is 0.206. The molecule has 18 heavy (non-hydrogen) atoms. The van der Waals surface area contributed by atoms with Gasteiger partial charge in [-0.05, 0) is 49.0 Å². The highest BCUT2D eigenvalue weighted by Crippen LogP contribution is 2.30. The highest BCUT2D eigenvalue weighted by molar-refractivity contribution is 4.81. The smallest absolute Gasteiger partial charge is 0.00699 e. The van der Waals surface area contributed by atoms with E-state index >= 15 is 0 Å². The maximum Gasteiger partial charge on any atom is 0.00699 e. The molecule has 2 unspecified atom stereocenters. The minimum Gasteiger partial charge on any atom is -0.314 e. The fourth-order valence-corrected chi connectivity index (χ4v) is 3.56. The Balaban J connectivity index is 2.38. The van der Waals surface area contributed by atoms with Crippen LogP contribution in [-0.2, 0) is 0 Å². The standard InChI is InChI=1S/C17H35N/c1-12(2)15-8-7-9-16(10-15)18-11-17(13(3)4)14(5)6/h12-18H,7-11H2,1-6H3. The zero-order valence-corrected chi connectivity index (χ0v) is 13.5. The van der Waals surface area contributed by atoms with Crippen molar-refractivity contribution in [1.82, 2.24) is 5.32 Å². The first kappa shape index (κ1) is 16.0. The van der Waals surface area contributed by atoms with Crippen LogP contribution in [0.5, 0.6) is 0 Å². The van der Waals surface area contributed by atoms with Gasteiger partial charge in [0.25, 0.3) is 0 Å². The molecule has 1 saturated carbocycles. The van der Waals surface area contributed by atoms with Crippen molar-refractivity contribution >= 4 is 0 Å². The highest BCUT2D eigenvalue weighted by Gasteiger charge is 2.25. The number of hydrogen-bond donors (Lipinski definition) is 1. The van der Waals surface area contributed by atoms with E-state index < -0.39 is 0 Å². The Hall–Kier alpha value is -0.0400. The molecule has 1 nitrogen and oxygen atoms in total. The van der Waals surface area contributed by atoms with Gasteiger partial charge >= 0.3 is 0 Å². The van der Waals surface area contributed by atoms with E-state index in [9.17, 15) is 0 Å². The summed E-state index contributed by atoms with van der Waals surface area (Å²) in [6.07, 6.45) is 5.68. The molecular formula is C17H35N. The molecule has 1 N–H and O–H groups in total. The van der Waals surface area contributed by atoms with Crippen molar-refractivity contribution in [2.24, 2.45) is 29.6 Å². The molecule has 0 spiro atoms. The molecule has 2 atom stereocenters. The van der Waals surface area contributed by atoms with Crippen LogP contribution in [0.25, 0.3) is 0 Å². The van der Waals surface area contributed by atoms with Crippen molar-refractivity contribution < 1.29 is 0 Å². The first-order valence-corrected chi connectivity index (χ1v) is 8.15. The molecule has 0 aromatic carbocycles. The van der Waals surface area contributed by atoms with E-state index in [2.05, 4.69) is 46.9 Å². The largest absolute Gasteiger partial charge is 0.314 e. The fraction of sp³-hybridized carbons (Fsp3) is 1.00. The van der Waals surface area contributed by atoms with Gasteiger partial charge in [0.1, 0.15) is 0 Å². The number of rotatable bonds is 6. The molecule has 1 rings (SSSR count). The van der Waals surface area contributed by atoms with Gasteiger partial charge < -0.3 is 5.32 Å². The average Bonchev–Trinajstić information content (AvgIpc) is 2.28.